The fourth-order valence-corrected chi connectivity index (χ4v) is 2.76. The summed E-state index contributed by atoms with van der Waals surface area (Å²) in [4.78, 5) is 27.7. The van der Waals surface area contributed by atoms with Crippen LogP contribution in [0.3, 0.4) is 0 Å². The molecule has 0 aliphatic carbocycles. The molecule has 0 aromatic carbocycles. The Morgan fingerprint density at radius 1 is 1.47 bits per heavy atom. The van der Waals surface area contributed by atoms with Gasteiger partial charge in [-0.15, -0.1) is 11.3 Å². The van der Waals surface area contributed by atoms with Gasteiger partial charge in [0, 0.05) is 22.8 Å². The lowest BCUT2D eigenvalue weighted by Crippen LogP contribution is -2.28. The Morgan fingerprint density at radius 2 is 2.26 bits per heavy atom. The smallest absolute Gasteiger partial charge is 0.257 e. The van der Waals surface area contributed by atoms with Crippen molar-refractivity contribution in [2.75, 3.05) is 0 Å². The molecule has 2 aromatic rings. The van der Waals surface area contributed by atoms with Gasteiger partial charge < -0.3 is 10.3 Å². The minimum absolute atomic E-state index is 0.153. The molecule has 0 saturated heterocycles. The number of pyridine rings is 1. The highest BCUT2D eigenvalue weighted by Crippen LogP contribution is 2.16. The summed E-state index contributed by atoms with van der Waals surface area (Å²) in [6.45, 7) is 4.33. The molecule has 19 heavy (non-hydrogen) atoms. The van der Waals surface area contributed by atoms with E-state index in [4.69, 9.17) is 0 Å². The molecular formula is C14H16N2O2S. The van der Waals surface area contributed by atoms with Crippen LogP contribution < -0.4 is 10.7 Å². The second-order valence-corrected chi connectivity index (χ2v) is 5.30. The second kappa shape index (κ2) is 5.84. The topological polar surface area (TPSA) is 62.0 Å². The van der Waals surface area contributed by atoms with Crippen LogP contribution in [0.15, 0.2) is 28.5 Å². The summed E-state index contributed by atoms with van der Waals surface area (Å²) in [7, 11) is 0. The maximum atomic E-state index is 11.9. The summed E-state index contributed by atoms with van der Waals surface area (Å²) in [5, 5.41) is 4.80. The van der Waals surface area contributed by atoms with Crippen molar-refractivity contribution in [2.24, 2.45) is 0 Å². The van der Waals surface area contributed by atoms with Crippen molar-refractivity contribution in [3.05, 3.63) is 55.6 Å². The Balaban J connectivity index is 2.08. The molecular weight excluding hydrogens is 260 g/mol. The van der Waals surface area contributed by atoms with E-state index in [2.05, 4.69) is 23.3 Å². The van der Waals surface area contributed by atoms with E-state index in [1.807, 2.05) is 5.38 Å². The van der Waals surface area contributed by atoms with Crippen LogP contribution in [0.1, 0.15) is 33.4 Å². The molecule has 0 aliphatic heterocycles. The van der Waals surface area contributed by atoms with Crippen LogP contribution in [0.4, 0.5) is 0 Å². The van der Waals surface area contributed by atoms with Crippen LogP contribution in [0.2, 0.25) is 0 Å². The Labute approximate surface area is 115 Å². The van der Waals surface area contributed by atoms with Crippen LogP contribution in [0.25, 0.3) is 0 Å². The van der Waals surface area contributed by atoms with Crippen molar-refractivity contribution in [1.82, 2.24) is 10.3 Å². The summed E-state index contributed by atoms with van der Waals surface area (Å²) in [5.41, 5.74) is 1.88. The third-order valence-corrected chi connectivity index (χ3v) is 3.89. The maximum Gasteiger partial charge on any atom is 0.257 e. The lowest BCUT2D eigenvalue weighted by molar-refractivity contribution is 0.0950. The number of hydrogen-bond acceptors (Lipinski definition) is 3. The Kier molecular flexibility index (Phi) is 4.16. The summed E-state index contributed by atoms with van der Waals surface area (Å²) < 4.78 is 0. The first-order chi connectivity index (χ1) is 9.11. The first-order valence-corrected chi connectivity index (χ1v) is 7.02. The third kappa shape index (κ3) is 3.12. The van der Waals surface area contributed by atoms with Crippen molar-refractivity contribution >= 4 is 17.2 Å². The predicted octanol–water partition coefficient (Wildman–Crippen LogP) is 2.24. The molecule has 0 saturated carbocycles. The quantitative estimate of drug-likeness (QED) is 0.899. The highest BCUT2D eigenvalue weighted by molar-refractivity contribution is 7.10. The van der Waals surface area contributed by atoms with Gasteiger partial charge in [-0.3, -0.25) is 9.59 Å². The minimum Gasteiger partial charge on any atom is -0.364 e. The molecule has 0 radical (unpaired) electrons. The molecule has 4 nitrogen and oxygen atoms in total. The van der Waals surface area contributed by atoms with Gasteiger partial charge in [-0.25, -0.2) is 0 Å². The summed E-state index contributed by atoms with van der Waals surface area (Å²) in [6, 6.07) is 3.49. The van der Waals surface area contributed by atoms with E-state index in [-0.39, 0.29) is 16.9 Å². The van der Waals surface area contributed by atoms with Gasteiger partial charge in [0.05, 0.1) is 6.54 Å². The molecule has 5 heteroatoms. The molecule has 1 amide bonds. The van der Waals surface area contributed by atoms with Gasteiger partial charge >= 0.3 is 0 Å². The molecule has 2 N–H and O–H groups in total. The van der Waals surface area contributed by atoms with Gasteiger partial charge in [-0.05, 0) is 30.4 Å². The van der Waals surface area contributed by atoms with Crippen molar-refractivity contribution in [2.45, 2.75) is 26.8 Å². The molecule has 2 aromatic heterocycles. The Bertz CT molecular complexity index is 643. The van der Waals surface area contributed by atoms with E-state index in [0.717, 1.165) is 17.0 Å². The van der Waals surface area contributed by atoms with E-state index < -0.39 is 0 Å². The lowest BCUT2D eigenvalue weighted by atomic mass is 10.2. The average molecular weight is 276 g/mol. The molecule has 100 valence electrons. The average Bonchev–Trinajstić information content (AvgIpc) is 2.83. The largest absolute Gasteiger partial charge is 0.364 e. The zero-order valence-corrected chi connectivity index (χ0v) is 11.8. The predicted molar refractivity (Wildman–Crippen MR) is 76.7 cm³/mol. The molecule has 0 fully saturated rings. The van der Waals surface area contributed by atoms with Crippen molar-refractivity contribution in [3.8, 4) is 0 Å². The number of carbonyl (C=O) groups is 1. The fourth-order valence-electron chi connectivity index (χ4n) is 1.84. The number of carbonyl (C=O) groups excluding carboxylic acids is 1. The number of thiophene rings is 1. The standard InChI is InChI=1S/C14H16N2O2S/c1-3-10-4-5-19-13(10)8-16-14(18)11-7-15-9(2)6-12(11)17/h4-7H,3,8H2,1-2H3,(H,15,17)(H,16,18). The van der Waals surface area contributed by atoms with Crippen molar-refractivity contribution in [1.29, 1.82) is 0 Å². The molecule has 2 heterocycles. The number of nitrogens with one attached hydrogen (secondary N) is 2. The van der Waals surface area contributed by atoms with Crippen molar-refractivity contribution in [3.63, 3.8) is 0 Å². The molecule has 0 spiro atoms. The first-order valence-electron chi connectivity index (χ1n) is 6.14. The van der Waals surface area contributed by atoms with Gasteiger partial charge in [0.25, 0.3) is 5.91 Å². The van der Waals surface area contributed by atoms with Gasteiger partial charge in [-0.1, -0.05) is 6.92 Å². The normalized spacial score (nSPS) is 10.4. The maximum absolute atomic E-state index is 11.9. The highest BCUT2D eigenvalue weighted by Gasteiger charge is 2.11. The van der Waals surface area contributed by atoms with Gasteiger partial charge in [0.2, 0.25) is 0 Å². The van der Waals surface area contributed by atoms with Gasteiger partial charge in [0.1, 0.15) is 5.56 Å². The molecule has 0 atom stereocenters. The van der Waals surface area contributed by atoms with Gasteiger partial charge in [0.15, 0.2) is 5.43 Å². The molecule has 0 unspecified atom stereocenters. The van der Waals surface area contributed by atoms with Crippen molar-refractivity contribution < 1.29 is 4.79 Å². The number of aryl methyl sites for hydroxylation is 2. The van der Waals surface area contributed by atoms with E-state index in [0.29, 0.717) is 6.54 Å². The van der Waals surface area contributed by atoms with E-state index >= 15 is 0 Å². The van der Waals surface area contributed by atoms with E-state index in [1.165, 1.54) is 17.8 Å². The monoisotopic (exact) mass is 276 g/mol. The SMILES string of the molecule is CCc1ccsc1CNC(=O)c1c[nH]c(C)cc1=O. The van der Waals surface area contributed by atoms with Crippen LogP contribution in [-0.2, 0) is 13.0 Å². The Hall–Kier alpha value is -1.88. The van der Waals surface area contributed by atoms with E-state index in [1.54, 1.807) is 18.3 Å². The summed E-state index contributed by atoms with van der Waals surface area (Å²) >= 11 is 1.62. The minimum atomic E-state index is -0.336. The number of H-pyrrole nitrogens is 1. The lowest BCUT2D eigenvalue weighted by Gasteiger charge is -2.05. The van der Waals surface area contributed by atoms with Crippen LogP contribution in [0.5, 0.6) is 0 Å². The third-order valence-electron chi connectivity index (χ3n) is 2.93. The van der Waals surface area contributed by atoms with Crippen LogP contribution in [-0.4, -0.2) is 10.9 Å². The number of amides is 1. The number of hydrogen-bond donors (Lipinski definition) is 2. The molecule has 0 aliphatic rings. The first kappa shape index (κ1) is 13.5. The van der Waals surface area contributed by atoms with Gasteiger partial charge in [-0.2, -0.15) is 0 Å². The van der Waals surface area contributed by atoms with Crippen LogP contribution >= 0.6 is 11.3 Å². The molecule has 2 rings (SSSR count). The number of aromatic amines is 1. The molecule has 0 bridgehead atoms. The second-order valence-electron chi connectivity index (χ2n) is 4.30. The zero-order chi connectivity index (χ0) is 13.8. The fraction of sp³-hybridized carbons (Fsp3) is 0.286. The van der Waals surface area contributed by atoms with Crippen LogP contribution in [0, 0.1) is 6.92 Å². The number of aromatic nitrogens is 1. The highest BCUT2D eigenvalue weighted by atomic mass is 32.1. The van der Waals surface area contributed by atoms with E-state index in [9.17, 15) is 9.59 Å². The Morgan fingerprint density at radius 3 is 2.95 bits per heavy atom. The zero-order valence-electron chi connectivity index (χ0n) is 10.9. The summed E-state index contributed by atoms with van der Waals surface area (Å²) in [6.07, 6.45) is 2.40. The summed E-state index contributed by atoms with van der Waals surface area (Å²) in [5.74, 6) is -0.336. The number of rotatable bonds is 4.